The Hall–Kier alpha value is -2.16. The van der Waals surface area contributed by atoms with Crippen molar-refractivity contribution in [1.29, 1.82) is 0 Å². The molecule has 0 spiro atoms. The standard InChI is InChI=1S/C20H22FNO/c1-3-4-5-17-12-15-13-18(23-2)10-11-19(15)20(22-17)14-6-8-16(21)9-7-14/h6-11,13,17H,3-5,12H2,1-2H3/t17-/m0/s1. The summed E-state index contributed by atoms with van der Waals surface area (Å²) < 4.78 is 18.6. The Balaban J connectivity index is 2.02. The fraction of sp³-hybridized carbons (Fsp3) is 0.350. The first kappa shape index (κ1) is 15.7. The average molecular weight is 311 g/mol. The number of benzene rings is 2. The second kappa shape index (κ2) is 6.95. The zero-order valence-corrected chi connectivity index (χ0v) is 13.7. The van der Waals surface area contributed by atoms with Crippen LogP contribution in [0.2, 0.25) is 0 Å². The molecule has 23 heavy (non-hydrogen) atoms. The lowest BCUT2D eigenvalue weighted by Crippen LogP contribution is -2.22. The summed E-state index contributed by atoms with van der Waals surface area (Å²) in [6, 6.07) is 13.0. The van der Waals surface area contributed by atoms with Gasteiger partial charge in [-0.05, 0) is 60.9 Å². The second-order valence-corrected chi connectivity index (χ2v) is 6.01. The zero-order valence-electron chi connectivity index (χ0n) is 13.7. The summed E-state index contributed by atoms with van der Waals surface area (Å²) in [5.74, 6) is 0.654. The number of halogens is 1. The van der Waals surface area contributed by atoms with Gasteiger partial charge in [0, 0.05) is 11.1 Å². The molecule has 2 nitrogen and oxygen atoms in total. The molecule has 0 saturated heterocycles. The van der Waals surface area contributed by atoms with Crippen molar-refractivity contribution in [2.75, 3.05) is 7.11 Å². The van der Waals surface area contributed by atoms with E-state index in [1.807, 2.05) is 18.2 Å². The van der Waals surface area contributed by atoms with Gasteiger partial charge in [0.15, 0.2) is 0 Å². The van der Waals surface area contributed by atoms with Gasteiger partial charge in [0.25, 0.3) is 0 Å². The van der Waals surface area contributed by atoms with Crippen LogP contribution in [0.15, 0.2) is 47.5 Å². The third-order valence-electron chi connectivity index (χ3n) is 4.34. The Morgan fingerprint density at radius 1 is 1.17 bits per heavy atom. The van der Waals surface area contributed by atoms with Crippen LogP contribution < -0.4 is 4.74 Å². The third kappa shape index (κ3) is 3.44. The fourth-order valence-corrected chi connectivity index (χ4v) is 3.09. The normalized spacial score (nSPS) is 16.7. The van der Waals surface area contributed by atoms with Gasteiger partial charge in [-0.3, -0.25) is 4.99 Å². The van der Waals surface area contributed by atoms with Crippen molar-refractivity contribution in [3.05, 3.63) is 65.0 Å². The van der Waals surface area contributed by atoms with E-state index in [1.165, 1.54) is 30.5 Å². The maximum absolute atomic E-state index is 13.2. The lowest BCUT2D eigenvalue weighted by atomic mass is 9.88. The Morgan fingerprint density at radius 2 is 1.96 bits per heavy atom. The number of nitrogens with zero attached hydrogens (tertiary/aromatic N) is 1. The molecule has 0 saturated carbocycles. The maximum Gasteiger partial charge on any atom is 0.123 e. The maximum atomic E-state index is 13.2. The first-order valence-electron chi connectivity index (χ1n) is 8.22. The quantitative estimate of drug-likeness (QED) is 0.778. The van der Waals surface area contributed by atoms with Crippen molar-refractivity contribution >= 4 is 5.71 Å². The largest absolute Gasteiger partial charge is 0.497 e. The molecular weight excluding hydrogens is 289 g/mol. The number of fused-ring (bicyclic) bond motifs is 1. The number of methoxy groups -OCH3 is 1. The molecule has 0 bridgehead atoms. The van der Waals surface area contributed by atoms with Gasteiger partial charge in [0.1, 0.15) is 11.6 Å². The SMILES string of the molecule is CCCC[C@H]1Cc2cc(OC)ccc2C(c2ccc(F)cc2)=N1. The highest BCUT2D eigenvalue weighted by atomic mass is 19.1. The second-order valence-electron chi connectivity index (χ2n) is 6.01. The van der Waals surface area contributed by atoms with E-state index in [1.54, 1.807) is 7.11 Å². The highest BCUT2D eigenvalue weighted by Gasteiger charge is 2.22. The first-order chi connectivity index (χ1) is 11.2. The molecule has 120 valence electrons. The Bertz CT molecular complexity index is 706. The number of rotatable bonds is 5. The van der Waals surface area contributed by atoms with Crippen LogP contribution in [0.4, 0.5) is 4.39 Å². The first-order valence-corrected chi connectivity index (χ1v) is 8.22. The van der Waals surface area contributed by atoms with Crippen LogP contribution in [0.5, 0.6) is 5.75 Å². The summed E-state index contributed by atoms with van der Waals surface area (Å²) in [4.78, 5) is 4.97. The molecule has 2 aromatic carbocycles. The Kier molecular flexibility index (Phi) is 4.75. The summed E-state index contributed by atoms with van der Waals surface area (Å²) in [5.41, 5.74) is 4.33. The van der Waals surface area contributed by atoms with Crippen LogP contribution in [0.3, 0.4) is 0 Å². The summed E-state index contributed by atoms with van der Waals surface area (Å²) in [5, 5.41) is 0. The molecular formula is C20H22FNO. The van der Waals surface area contributed by atoms with Crippen LogP contribution in [0, 0.1) is 5.82 Å². The number of hydrogen-bond donors (Lipinski definition) is 0. The van der Waals surface area contributed by atoms with Crippen LogP contribution in [-0.2, 0) is 6.42 Å². The number of unbranched alkanes of at least 4 members (excludes halogenated alkanes) is 1. The lowest BCUT2D eigenvalue weighted by Gasteiger charge is -2.24. The molecule has 3 rings (SSSR count). The molecule has 3 heteroatoms. The molecule has 0 aliphatic carbocycles. The molecule has 1 aliphatic rings. The van der Waals surface area contributed by atoms with Crippen LogP contribution >= 0.6 is 0 Å². The predicted octanol–water partition coefficient (Wildman–Crippen LogP) is 4.79. The lowest BCUT2D eigenvalue weighted by molar-refractivity contribution is 0.414. The van der Waals surface area contributed by atoms with Gasteiger partial charge in [-0.2, -0.15) is 0 Å². The van der Waals surface area contributed by atoms with Crippen LogP contribution in [0.25, 0.3) is 0 Å². The minimum Gasteiger partial charge on any atom is -0.497 e. The molecule has 0 fully saturated rings. The van der Waals surface area contributed by atoms with E-state index in [0.29, 0.717) is 0 Å². The summed E-state index contributed by atoms with van der Waals surface area (Å²) in [6.07, 6.45) is 4.36. The van der Waals surface area contributed by atoms with E-state index in [9.17, 15) is 4.39 Å². The molecule has 1 aliphatic heterocycles. The van der Waals surface area contributed by atoms with Gasteiger partial charge in [-0.15, -0.1) is 0 Å². The minimum atomic E-state index is -0.220. The van der Waals surface area contributed by atoms with Gasteiger partial charge in [0.2, 0.25) is 0 Å². The zero-order chi connectivity index (χ0) is 16.2. The van der Waals surface area contributed by atoms with E-state index in [4.69, 9.17) is 9.73 Å². The molecule has 0 N–H and O–H groups in total. The van der Waals surface area contributed by atoms with Crippen LogP contribution in [0.1, 0.15) is 42.9 Å². The molecule has 1 atom stereocenters. The summed E-state index contributed by atoms with van der Waals surface area (Å²) in [6.45, 7) is 2.20. The van der Waals surface area contributed by atoms with Crippen LogP contribution in [-0.4, -0.2) is 18.9 Å². The van der Waals surface area contributed by atoms with Crippen molar-refractivity contribution in [3.8, 4) is 5.75 Å². The Morgan fingerprint density at radius 3 is 2.65 bits per heavy atom. The van der Waals surface area contributed by atoms with Crippen molar-refractivity contribution in [3.63, 3.8) is 0 Å². The predicted molar refractivity (Wildman–Crippen MR) is 92.1 cm³/mol. The summed E-state index contributed by atoms with van der Waals surface area (Å²) >= 11 is 0. The van der Waals surface area contributed by atoms with E-state index in [0.717, 1.165) is 35.4 Å². The van der Waals surface area contributed by atoms with E-state index < -0.39 is 0 Å². The van der Waals surface area contributed by atoms with E-state index in [-0.39, 0.29) is 11.9 Å². The Labute approximate surface area is 137 Å². The van der Waals surface area contributed by atoms with Gasteiger partial charge in [-0.1, -0.05) is 19.8 Å². The average Bonchev–Trinajstić information content (AvgIpc) is 2.59. The molecule has 0 amide bonds. The third-order valence-corrected chi connectivity index (χ3v) is 4.34. The number of hydrogen-bond acceptors (Lipinski definition) is 2. The van der Waals surface area contributed by atoms with Gasteiger partial charge < -0.3 is 4.74 Å². The highest BCUT2D eigenvalue weighted by Crippen LogP contribution is 2.28. The molecule has 2 aromatic rings. The molecule has 0 aromatic heterocycles. The topological polar surface area (TPSA) is 21.6 Å². The highest BCUT2D eigenvalue weighted by molar-refractivity contribution is 6.14. The molecule has 0 unspecified atom stereocenters. The van der Waals surface area contributed by atoms with Crippen molar-refractivity contribution < 1.29 is 9.13 Å². The van der Waals surface area contributed by atoms with E-state index in [2.05, 4.69) is 19.1 Å². The number of aliphatic imine (C=N–C) groups is 1. The monoisotopic (exact) mass is 311 g/mol. The molecule has 1 heterocycles. The van der Waals surface area contributed by atoms with Gasteiger partial charge in [-0.25, -0.2) is 4.39 Å². The number of ether oxygens (including phenoxy) is 1. The van der Waals surface area contributed by atoms with Gasteiger partial charge in [0.05, 0.1) is 18.9 Å². The summed E-state index contributed by atoms with van der Waals surface area (Å²) in [7, 11) is 1.69. The van der Waals surface area contributed by atoms with Crippen molar-refractivity contribution in [1.82, 2.24) is 0 Å². The molecule has 0 radical (unpaired) electrons. The van der Waals surface area contributed by atoms with E-state index >= 15 is 0 Å². The van der Waals surface area contributed by atoms with Crippen molar-refractivity contribution in [2.45, 2.75) is 38.6 Å². The van der Waals surface area contributed by atoms with Crippen molar-refractivity contribution in [2.24, 2.45) is 4.99 Å². The smallest absolute Gasteiger partial charge is 0.123 e. The van der Waals surface area contributed by atoms with Gasteiger partial charge >= 0.3 is 0 Å². The minimum absolute atomic E-state index is 0.220. The fourth-order valence-electron chi connectivity index (χ4n) is 3.09.